The van der Waals surface area contributed by atoms with Gasteiger partial charge in [0.25, 0.3) is 0 Å². The van der Waals surface area contributed by atoms with E-state index in [1.54, 1.807) is 24.3 Å². The highest BCUT2D eigenvalue weighted by molar-refractivity contribution is 6.62. The van der Waals surface area contributed by atoms with Crippen LogP contribution in [0.1, 0.15) is 51.7 Å². The van der Waals surface area contributed by atoms with Crippen molar-refractivity contribution in [1.82, 2.24) is 0 Å². The molecule has 1 saturated carbocycles. The number of carbonyl (C=O) groups excluding carboxylic acids is 1. The number of alkyl halides is 3. The SMILES string of the molecule is CC1(C)OB(c2ccc(NC(=O)C3(c4cc(C(F)(F)F)ccc4F)CC3)cc2)OC1(C)C. The molecule has 2 fully saturated rings. The topological polar surface area (TPSA) is 47.6 Å². The number of rotatable bonds is 4. The van der Waals surface area contributed by atoms with Crippen molar-refractivity contribution in [3.05, 3.63) is 59.4 Å². The normalized spacial score (nSPS) is 20.8. The fourth-order valence-electron chi connectivity index (χ4n) is 3.77. The Bertz CT molecular complexity index is 1030. The highest BCUT2D eigenvalue weighted by atomic mass is 19.4. The van der Waals surface area contributed by atoms with Crippen molar-refractivity contribution >= 4 is 24.2 Å². The first-order valence-electron chi connectivity index (χ1n) is 10.4. The monoisotopic (exact) mass is 449 g/mol. The first-order valence-corrected chi connectivity index (χ1v) is 10.4. The third-order valence-electron chi connectivity index (χ3n) is 6.69. The molecule has 1 amide bonds. The summed E-state index contributed by atoms with van der Waals surface area (Å²) in [6, 6.07) is 9.02. The smallest absolute Gasteiger partial charge is 0.399 e. The van der Waals surface area contributed by atoms with E-state index in [9.17, 15) is 22.4 Å². The predicted molar refractivity (Wildman–Crippen MR) is 113 cm³/mol. The maximum absolute atomic E-state index is 14.4. The molecule has 0 radical (unpaired) electrons. The lowest BCUT2D eigenvalue weighted by molar-refractivity contribution is -0.137. The maximum Gasteiger partial charge on any atom is 0.494 e. The van der Waals surface area contributed by atoms with Gasteiger partial charge in [-0.05, 0) is 76.3 Å². The van der Waals surface area contributed by atoms with E-state index in [4.69, 9.17) is 9.31 Å². The second-order valence-corrected chi connectivity index (χ2v) is 9.44. The summed E-state index contributed by atoms with van der Waals surface area (Å²) >= 11 is 0. The van der Waals surface area contributed by atoms with Gasteiger partial charge >= 0.3 is 13.3 Å². The second kappa shape index (κ2) is 7.32. The van der Waals surface area contributed by atoms with Crippen molar-refractivity contribution in [1.29, 1.82) is 0 Å². The highest BCUT2D eigenvalue weighted by Gasteiger charge is 2.54. The van der Waals surface area contributed by atoms with Crippen LogP contribution in [-0.4, -0.2) is 24.2 Å². The molecule has 1 N–H and O–H groups in total. The minimum atomic E-state index is -4.61. The lowest BCUT2D eigenvalue weighted by atomic mass is 9.79. The molecule has 0 spiro atoms. The summed E-state index contributed by atoms with van der Waals surface area (Å²) in [6.07, 6.45) is -4.05. The zero-order chi connectivity index (χ0) is 23.5. The van der Waals surface area contributed by atoms with Crippen molar-refractivity contribution in [2.24, 2.45) is 0 Å². The van der Waals surface area contributed by atoms with Crippen LogP contribution in [0.3, 0.4) is 0 Å². The van der Waals surface area contributed by atoms with Crippen molar-refractivity contribution in [2.45, 2.75) is 63.3 Å². The van der Waals surface area contributed by atoms with Crippen LogP contribution < -0.4 is 10.8 Å². The van der Waals surface area contributed by atoms with Gasteiger partial charge < -0.3 is 14.6 Å². The zero-order valence-electron chi connectivity index (χ0n) is 18.3. The van der Waals surface area contributed by atoms with E-state index in [1.807, 2.05) is 27.7 Å². The second-order valence-electron chi connectivity index (χ2n) is 9.44. The Labute approximate surface area is 184 Å². The predicted octanol–water partition coefficient (Wildman–Crippen LogP) is 4.81. The molecule has 4 nitrogen and oxygen atoms in total. The Hall–Kier alpha value is -2.39. The molecule has 1 saturated heterocycles. The lowest BCUT2D eigenvalue weighted by Gasteiger charge is -2.32. The molecule has 1 heterocycles. The molecule has 2 aliphatic rings. The van der Waals surface area contributed by atoms with E-state index in [-0.39, 0.29) is 18.4 Å². The Morgan fingerprint density at radius 2 is 1.53 bits per heavy atom. The molecule has 2 aromatic rings. The largest absolute Gasteiger partial charge is 0.494 e. The third-order valence-corrected chi connectivity index (χ3v) is 6.69. The van der Waals surface area contributed by atoms with Crippen LogP contribution in [0.4, 0.5) is 23.2 Å². The van der Waals surface area contributed by atoms with Gasteiger partial charge in [-0.3, -0.25) is 4.79 Å². The molecule has 9 heteroatoms. The molecule has 1 aliphatic carbocycles. The third kappa shape index (κ3) is 3.92. The molecule has 0 unspecified atom stereocenters. The number of hydrogen-bond donors (Lipinski definition) is 1. The minimum Gasteiger partial charge on any atom is -0.399 e. The average molecular weight is 449 g/mol. The van der Waals surface area contributed by atoms with Crippen LogP contribution in [0, 0.1) is 5.82 Å². The molecular weight excluding hydrogens is 425 g/mol. The van der Waals surface area contributed by atoms with Crippen molar-refractivity contribution in [3.8, 4) is 0 Å². The summed E-state index contributed by atoms with van der Waals surface area (Å²) in [5.74, 6) is -1.35. The van der Waals surface area contributed by atoms with Gasteiger partial charge in [-0.1, -0.05) is 12.1 Å². The Morgan fingerprint density at radius 3 is 2.03 bits per heavy atom. The fourth-order valence-corrected chi connectivity index (χ4v) is 3.77. The summed E-state index contributed by atoms with van der Waals surface area (Å²) in [6.45, 7) is 7.79. The van der Waals surface area contributed by atoms with Gasteiger partial charge in [-0.25, -0.2) is 4.39 Å². The van der Waals surface area contributed by atoms with Crippen molar-refractivity contribution in [3.63, 3.8) is 0 Å². The van der Waals surface area contributed by atoms with Crippen LogP contribution in [0.5, 0.6) is 0 Å². The minimum absolute atomic E-state index is 0.223. The van der Waals surface area contributed by atoms with Crippen LogP contribution >= 0.6 is 0 Å². The maximum atomic E-state index is 14.4. The molecule has 0 bridgehead atoms. The van der Waals surface area contributed by atoms with Gasteiger partial charge in [0, 0.05) is 11.3 Å². The Kier molecular flexibility index (Phi) is 5.21. The first kappa shape index (κ1) is 22.8. The Morgan fingerprint density at radius 1 is 0.969 bits per heavy atom. The fraction of sp³-hybridized carbons (Fsp3) is 0.435. The van der Waals surface area contributed by atoms with E-state index in [2.05, 4.69) is 5.32 Å². The number of halogens is 4. The van der Waals surface area contributed by atoms with Crippen molar-refractivity contribution in [2.75, 3.05) is 5.32 Å². The van der Waals surface area contributed by atoms with E-state index >= 15 is 0 Å². The van der Waals surface area contributed by atoms with E-state index < -0.39 is 47.2 Å². The van der Waals surface area contributed by atoms with Crippen LogP contribution in [-0.2, 0) is 25.7 Å². The number of amides is 1. The average Bonchev–Trinajstić information content (AvgIpc) is 3.45. The van der Waals surface area contributed by atoms with E-state index in [0.717, 1.165) is 17.6 Å². The van der Waals surface area contributed by atoms with E-state index in [0.29, 0.717) is 11.8 Å². The molecule has 2 aromatic carbocycles. The number of hydrogen-bond acceptors (Lipinski definition) is 3. The summed E-state index contributed by atoms with van der Waals surface area (Å²) in [5, 5.41) is 2.71. The van der Waals surface area contributed by atoms with Gasteiger partial charge in [0.05, 0.1) is 22.2 Å². The molecule has 0 aromatic heterocycles. The number of nitrogens with one attached hydrogen (secondary N) is 1. The number of anilines is 1. The summed E-state index contributed by atoms with van der Waals surface area (Å²) in [4.78, 5) is 12.9. The molecule has 32 heavy (non-hydrogen) atoms. The summed E-state index contributed by atoms with van der Waals surface area (Å²) in [5.41, 5.74) is -2.25. The van der Waals surface area contributed by atoms with Gasteiger partial charge in [-0.2, -0.15) is 13.2 Å². The molecular formula is C23H24BF4NO3. The first-order chi connectivity index (χ1) is 14.8. The number of carbonyl (C=O) groups is 1. The van der Waals surface area contributed by atoms with Crippen LogP contribution in [0.2, 0.25) is 0 Å². The molecule has 170 valence electrons. The standard InChI is InChI=1S/C23H24BF4NO3/c1-20(2)21(3,4)32-24(31-20)15-6-8-16(9-7-15)29-19(30)22(11-12-22)17-13-14(23(26,27)28)5-10-18(17)25/h5-10,13H,11-12H2,1-4H3,(H,29,30). The van der Waals surface area contributed by atoms with Gasteiger partial charge in [-0.15, -0.1) is 0 Å². The van der Waals surface area contributed by atoms with Crippen molar-refractivity contribution < 1.29 is 31.7 Å². The quantitative estimate of drug-likeness (QED) is 0.538. The molecule has 0 atom stereocenters. The van der Waals surface area contributed by atoms with Crippen LogP contribution in [0.25, 0.3) is 0 Å². The zero-order valence-corrected chi connectivity index (χ0v) is 18.3. The molecule has 4 rings (SSSR count). The van der Waals surface area contributed by atoms with Gasteiger partial charge in [0.1, 0.15) is 5.82 Å². The Balaban J connectivity index is 1.51. The van der Waals surface area contributed by atoms with E-state index in [1.165, 1.54) is 0 Å². The number of benzene rings is 2. The summed E-state index contributed by atoms with van der Waals surface area (Å²) < 4.78 is 65.6. The highest BCUT2D eigenvalue weighted by Crippen LogP contribution is 2.51. The van der Waals surface area contributed by atoms with Gasteiger partial charge in [0.2, 0.25) is 5.91 Å². The van der Waals surface area contributed by atoms with Crippen LogP contribution in [0.15, 0.2) is 42.5 Å². The summed E-state index contributed by atoms with van der Waals surface area (Å²) in [7, 11) is -0.557. The molecule has 1 aliphatic heterocycles. The lowest BCUT2D eigenvalue weighted by Crippen LogP contribution is -2.41. The van der Waals surface area contributed by atoms with Gasteiger partial charge in [0.15, 0.2) is 0 Å².